The third-order valence-electron chi connectivity index (χ3n) is 4.31. The van der Waals surface area contributed by atoms with Crippen LogP contribution in [0.3, 0.4) is 0 Å². The Labute approximate surface area is 139 Å². The summed E-state index contributed by atoms with van der Waals surface area (Å²) < 4.78 is 5.15. The van der Waals surface area contributed by atoms with Crippen molar-refractivity contribution in [1.29, 1.82) is 0 Å². The van der Waals surface area contributed by atoms with Crippen LogP contribution in [0.5, 0.6) is 5.75 Å². The van der Waals surface area contributed by atoms with E-state index < -0.39 is 0 Å². The molecule has 1 aromatic rings. The highest BCUT2D eigenvalue weighted by Crippen LogP contribution is 2.22. The molecular formula is C17H27ClN2O2. The predicted molar refractivity (Wildman–Crippen MR) is 91.6 cm³/mol. The molecule has 1 fully saturated rings. The number of rotatable bonds is 5. The first-order chi connectivity index (χ1) is 10.1. The number of methoxy groups -OCH3 is 1. The van der Waals surface area contributed by atoms with Crippen molar-refractivity contribution in [2.45, 2.75) is 57.0 Å². The molecule has 1 aromatic carbocycles. The third-order valence-corrected chi connectivity index (χ3v) is 4.31. The minimum Gasteiger partial charge on any atom is -0.497 e. The molecule has 0 bridgehead atoms. The van der Waals surface area contributed by atoms with Crippen LogP contribution >= 0.6 is 12.4 Å². The lowest BCUT2D eigenvalue weighted by Gasteiger charge is -2.27. The van der Waals surface area contributed by atoms with E-state index in [1.807, 2.05) is 24.3 Å². The molecule has 1 aliphatic rings. The minimum atomic E-state index is 0. The number of benzene rings is 1. The number of amides is 1. The van der Waals surface area contributed by atoms with Gasteiger partial charge in [-0.1, -0.05) is 19.1 Å². The van der Waals surface area contributed by atoms with Gasteiger partial charge in [0.15, 0.2) is 0 Å². The summed E-state index contributed by atoms with van der Waals surface area (Å²) in [4.78, 5) is 12.1. The Morgan fingerprint density at radius 1 is 1.27 bits per heavy atom. The second kappa shape index (κ2) is 9.01. The number of nitrogens with one attached hydrogen (secondary N) is 1. The highest BCUT2D eigenvalue weighted by atomic mass is 35.5. The summed E-state index contributed by atoms with van der Waals surface area (Å²) in [5.74, 6) is 1.19. The van der Waals surface area contributed by atoms with Gasteiger partial charge in [-0.25, -0.2) is 0 Å². The van der Waals surface area contributed by atoms with Crippen LogP contribution < -0.4 is 15.8 Å². The molecule has 1 aliphatic carbocycles. The Balaban J connectivity index is 0.00000242. The summed E-state index contributed by atoms with van der Waals surface area (Å²) in [6.45, 7) is 2.08. The maximum atomic E-state index is 12.1. The molecule has 3 N–H and O–H groups in total. The summed E-state index contributed by atoms with van der Waals surface area (Å²) in [5, 5.41) is 3.14. The molecule has 1 amide bonds. The fourth-order valence-electron chi connectivity index (χ4n) is 2.88. The average molecular weight is 327 g/mol. The molecule has 0 spiro atoms. The smallest absolute Gasteiger partial charge is 0.220 e. The van der Waals surface area contributed by atoms with Gasteiger partial charge in [0.1, 0.15) is 5.75 Å². The van der Waals surface area contributed by atoms with E-state index in [4.69, 9.17) is 10.5 Å². The highest BCUT2D eigenvalue weighted by Gasteiger charge is 2.21. The zero-order valence-electron chi connectivity index (χ0n) is 13.4. The Morgan fingerprint density at radius 2 is 1.86 bits per heavy atom. The van der Waals surface area contributed by atoms with E-state index in [0.717, 1.165) is 37.0 Å². The number of carbonyl (C=O) groups is 1. The topological polar surface area (TPSA) is 64.3 Å². The van der Waals surface area contributed by atoms with Gasteiger partial charge in [-0.15, -0.1) is 12.4 Å². The van der Waals surface area contributed by atoms with Gasteiger partial charge in [-0.3, -0.25) is 4.79 Å². The maximum Gasteiger partial charge on any atom is 0.220 e. The minimum absolute atomic E-state index is 0. The normalized spacial score (nSPS) is 22.3. The molecular weight excluding hydrogens is 300 g/mol. The number of halogens is 1. The van der Waals surface area contributed by atoms with E-state index in [2.05, 4.69) is 12.2 Å². The van der Waals surface area contributed by atoms with Crippen LogP contribution in [-0.2, 0) is 4.79 Å². The summed E-state index contributed by atoms with van der Waals surface area (Å²) in [5.41, 5.74) is 7.05. The lowest BCUT2D eigenvalue weighted by atomic mass is 9.91. The lowest BCUT2D eigenvalue weighted by molar-refractivity contribution is -0.122. The molecule has 124 valence electrons. The Hall–Kier alpha value is -1.26. The lowest BCUT2D eigenvalue weighted by Crippen LogP contribution is -2.40. The van der Waals surface area contributed by atoms with Crippen molar-refractivity contribution >= 4 is 18.3 Å². The van der Waals surface area contributed by atoms with Gasteiger partial charge >= 0.3 is 0 Å². The van der Waals surface area contributed by atoms with Gasteiger partial charge in [0.05, 0.1) is 7.11 Å². The van der Waals surface area contributed by atoms with Crippen LogP contribution in [-0.4, -0.2) is 25.1 Å². The zero-order chi connectivity index (χ0) is 15.2. The van der Waals surface area contributed by atoms with E-state index in [-0.39, 0.29) is 24.2 Å². The van der Waals surface area contributed by atoms with Gasteiger partial charge in [0.2, 0.25) is 5.91 Å². The molecule has 4 nitrogen and oxygen atoms in total. The van der Waals surface area contributed by atoms with E-state index in [0.29, 0.717) is 18.5 Å². The van der Waals surface area contributed by atoms with Crippen LogP contribution in [0.4, 0.5) is 0 Å². The molecule has 5 heteroatoms. The van der Waals surface area contributed by atoms with Crippen molar-refractivity contribution in [3.63, 3.8) is 0 Å². The summed E-state index contributed by atoms with van der Waals surface area (Å²) in [6, 6.07) is 8.54. The number of ether oxygens (including phenoxy) is 1. The molecule has 1 saturated carbocycles. The van der Waals surface area contributed by atoms with Crippen molar-refractivity contribution in [3.05, 3.63) is 29.8 Å². The third kappa shape index (κ3) is 5.50. The van der Waals surface area contributed by atoms with Gasteiger partial charge in [-0.2, -0.15) is 0 Å². The maximum absolute atomic E-state index is 12.1. The Morgan fingerprint density at radius 3 is 2.41 bits per heavy atom. The van der Waals surface area contributed by atoms with Gasteiger partial charge in [-0.05, 0) is 49.3 Å². The molecule has 0 saturated heterocycles. The first kappa shape index (κ1) is 18.8. The molecule has 1 unspecified atom stereocenters. The fourth-order valence-corrected chi connectivity index (χ4v) is 2.88. The van der Waals surface area contributed by atoms with Crippen molar-refractivity contribution < 1.29 is 9.53 Å². The Bertz CT molecular complexity index is 456. The van der Waals surface area contributed by atoms with Crippen LogP contribution in [0.1, 0.15) is 50.5 Å². The molecule has 0 radical (unpaired) electrons. The van der Waals surface area contributed by atoms with Crippen LogP contribution in [0.25, 0.3) is 0 Å². The predicted octanol–water partition coefficient (Wildman–Crippen LogP) is 3.00. The van der Waals surface area contributed by atoms with Gasteiger partial charge in [0, 0.05) is 18.5 Å². The number of carbonyl (C=O) groups excluding carboxylic acids is 1. The SMILES string of the molecule is COc1ccc(C(C)CC(=O)NC2CCC(N)CC2)cc1.Cl. The molecule has 0 heterocycles. The summed E-state index contributed by atoms with van der Waals surface area (Å²) in [6.07, 6.45) is 4.56. The van der Waals surface area contributed by atoms with Crippen molar-refractivity contribution in [3.8, 4) is 5.75 Å². The first-order valence-corrected chi connectivity index (χ1v) is 7.77. The molecule has 0 aromatic heterocycles. The second-order valence-corrected chi connectivity index (χ2v) is 6.06. The van der Waals surface area contributed by atoms with E-state index in [1.165, 1.54) is 0 Å². The first-order valence-electron chi connectivity index (χ1n) is 7.77. The van der Waals surface area contributed by atoms with Crippen molar-refractivity contribution in [2.24, 2.45) is 5.73 Å². The quantitative estimate of drug-likeness (QED) is 0.874. The molecule has 0 aliphatic heterocycles. The van der Waals surface area contributed by atoms with Gasteiger partial charge in [0.25, 0.3) is 0 Å². The van der Waals surface area contributed by atoms with Crippen molar-refractivity contribution in [2.75, 3.05) is 7.11 Å². The fraction of sp³-hybridized carbons (Fsp3) is 0.588. The molecule has 1 atom stereocenters. The highest BCUT2D eigenvalue weighted by molar-refractivity contribution is 5.85. The number of hydrogen-bond donors (Lipinski definition) is 2. The second-order valence-electron chi connectivity index (χ2n) is 6.06. The van der Waals surface area contributed by atoms with E-state index >= 15 is 0 Å². The zero-order valence-corrected chi connectivity index (χ0v) is 14.2. The number of nitrogens with two attached hydrogens (primary N) is 1. The van der Waals surface area contributed by atoms with Crippen molar-refractivity contribution in [1.82, 2.24) is 5.32 Å². The van der Waals surface area contributed by atoms with Crippen LogP contribution in [0.15, 0.2) is 24.3 Å². The average Bonchev–Trinajstić information content (AvgIpc) is 2.49. The Kier molecular flexibility index (Phi) is 7.69. The van der Waals surface area contributed by atoms with E-state index in [9.17, 15) is 4.79 Å². The molecule has 22 heavy (non-hydrogen) atoms. The summed E-state index contributed by atoms with van der Waals surface area (Å²) >= 11 is 0. The van der Waals surface area contributed by atoms with Gasteiger partial charge < -0.3 is 15.8 Å². The standard InChI is InChI=1S/C17H26N2O2.ClH/c1-12(13-3-9-16(21-2)10-4-13)11-17(20)19-15-7-5-14(18)6-8-15;/h3-4,9-10,12,14-15H,5-8,11,18H2,1-2H3,(H,19,20);1H. The molecule has 2 rings (SSSR count). The van der Waals surface area contributed by atoms with Crippen LogP contribution in [0.2, 0.25) is 0 Å². The largest absolute Gasteiger partial charge is 0.497 e. The van der Waals surface area contributed by atoms with Crippen LogP contribution in [0, 0.1) is 0 Å². The monoisotopic (exact) mass is 326 g/mol. The number of hydrogen-bond acceptors (Lipinski definition) is 3. The summed E-state index contributed by atoms with van der Waals surface area (Å²) in [7, 11) is 1.65. The van der Waals surface area contributed by atoms with E-state index in [1.54, 1.807) is 7.11 Å².